The topological polar surface area (TPSA) is 67.5 Å². The fraction of sp³-hybridized carbons (Fsp3) is 0.545. The Bertz CT molecular complexity index is 370. The highest BCUT2D eigenvalue weighted by atomic mass is 32.2. The Morgan fingerprint density at radius 2 is 2.12 bits per heavy atom. The minimum Gasteiger partial charge on any atom is -0.475 e. The van der Waals surface area contributed by atoms with Gasteiger partial charge in [-0.05, 0) is 18.6 Å². The zero-order valence-electron chi connectivity index (χ0n) is 9.27. The van der Waals surface area contributed by atoms with E-state index >= 15 is 0 Å². The van der Waals surface area contributed by atoms with Crippen LogP contribution in [0.5, 0.6) is 0 Å². The highest BCUT2D eigenvalue weighted by Gasteiger charge is 2.13. The molecule has 0 aliphatic carbocycles. The molecule has 0 aliphatic rings. The maximum absolute atomic E-state index is 11.7. The van der Waals surface area contributed by atoms with Gasteiger partial charge in [-0.3, -0.25) is 4.21 Å². The number of unbranched alkanes of at least 4 members (excludes halogenated alkanes) is 3. The van der Waals surface area contributed by atoms with Crippen molar-refractivity contribution >= 4 is 16.8 Å². The highest BCUT2D eigenvalue weighted by molar-refractivity contribution is 7.84. The van der Waals surface area contributed by atoms with Crippen molar-refractivity contribution in [3.05, 3.63) is 17.9 Å². The summed E-state index contributed by atoms with van der Waals surface area (Å²) in [5.74, 6) is -0.752. The molecule has 0 aliphatic heterocycles. The molecule has 16 heavy (non-hydrogen) atoms. The first-order valence-corrected chi connectivity index (χ1v) is 6.68. The van der Waals surface area contributed by atoms with Gasteiger partial charge in [0.05, 0.1) is 10.8 Å². The molecular weight excluding hydrogens is 228 g/mol. The van der Waals surface area contributed by atoms with E-state index in [9.17, 15) is 9.00 Å². The Hall–Kier alpha value is -1.10. The van der Waals surface area contributed by atoms with Gasteiger partial charge in [0, 0.05) is 5.75 Å². The minimum absolute atomic E-state index is 0.156. The molecule has 4 nitrogen and oxygen atoms in total. The molecule has 1 rings (SSSR count). The van der Waals surface area contributed by atoms with Crippen LogP contribution in [-0.4, -0.2) is 21.0 Å². The molecule has 0 aromatic carbocycles. The summed E-state index contributed by atoms with van der Waals surface area (Å²) in [6.45, 7) is 2.11. The number of rotatable bonds is 7. The maximum atomic E-state index is 11.7. The lowest BCUT2D eigenvalue weighted by Crippen LogP contribution is -1.97. The van der Waals surface area contributed by atoms with E-state index in [1.54, 1.807) is 0 Å². The molecule has 1 N–H and O–H groups in total. The number of carbonyl (C=O) groups is 1. The number of carboxylic acids is 1. The average Bonchev–Trinajstić information content (AvgIpc) is 2.73. The molecule has 1 heterocycles. The first kappa shape index (κ1) is 13.0. The van der Waals surface area contributed by atoms with E-state index in [4.69, 9.17) is 9.52 Å². The van der Waals surface area contributed by atoms with Gasteiger partial charge >= 0.3 is 5.97 Å². The molecule has 1 unspecified atom stereocenters. The number of hydrogen-bond acceptors (Lipinski definition) is 3. The molecule has 0 saturated carbocycles. The smallest absolute Gasteiger partial charge is 0.371 e. The van der Waals surface area contributed by atoms with Gasteiger partial charge in [-0.25, -0.2) is 4.79 Å². The molecule has 0 fully saturated rings. The second-order valence-electron chi connectivity index (χ2n) is 3.53. The third kappa shape index (κ3) is 3.81. The monoisotopic (exact) mass is 244 g/mol. The maximum Gasteiger partial charge on any atom is 0.371 e. The third-order valence-electron chi connectivity index (χ3n) is 2.20. The van der Waals surface area contributed by atoms with Crippen molar-refractivity contribution in [1.29, 1.82) is 0 Å². The Balaban J connectivity index is 2.43. The average molecular weight is 244 g/mol. The summed E-state index contributed by atoms with van der Waals surface area (Å²) in [6.07, 6.45) is 4.20. The van der Waals surface area contributed by atoms with Crippen LogP contribution in [0.15, 0.2) is 21.6 Å². The van der Waals surface area contributed by atoms with Gasteiger partial charge in [-0.1, -0.05) is 26.2 Å². The minimum atomic E-state index is -1.21. The van der Waals surface area contributed by atoms with Crippen molar-refractivity contribution in [2.24, 2.45) is 0 Å². The molecule has 0 bridgehead atoms. The van der Waals surface area contributed by atoms with E-state index < -0.39 is 16.8 Å². The molecule has 0 amide bonds. The molecule has 1 atom stereocenters. The summed E-state index contributed by atoms with van der Waals surface area (Å²) in [5, 5.41) is 8.89. The standard InChI is InChI=1S/C11H16O4S/c1-2-3-4-5-8-16(14)10-7-6-9(15-10)11(12)13/h6-7H,2-5,8H2,1H3,(H,12,13). The van der Waals surface area contributed by atoms with Crippen molar-refractivity contribution in [3.8, 4) is 0 Å². The SMILES string of the molecule is CCCCCCS(=O)c1ccc(C(=O)O)o1. The van der Waals surface area contributed by atoms with Crippen LogP contribution >= 0.6 is 0 Å². The van der Waals surface area contributed by atoms with Crippen molar-refractivity contribution in [2.75, 3.05) is 5.75 Å². The van der Waals surface area contributed by atoms with Crippen LogP contribution in [0.1, 0.15) is 43.2 Å². The second-order valence-corrected chi connectivity index (χ2v) is 5.04. The molecule has 1 aromatic rings. The molecule has 0 radical (unpaired) electrons. The van der Waals surface area contributed by atoms with Crippen LogP contribution in [-0.2, 0) is 10.8 Å². The Kier molecular flexibility index (Phi) is 5.25. The van der Waals surface area contributed by atoms with Gasteiger partial charge in [0.15, 0.2) is 5.09 Å². The molecule has 90 valence electrons. The van der Waals surface area contributed by atoms with Crippen LogP contribution in [0.3, 0.4) is 0 Å². The van der Waals surface area contributed by atoms with Crippen LogP contribution < -0.4 is 0 Å². The Labute approximate surface area is 97.1 Å². The fourth-order valence-corrected chi connectivity index (χ4v) is 2.39. The Morgan fingerprint density at radius 1 is 1.38 bits per heavy atom. The normalized spacial score (nSPS) is 12.6. The van der Waals surface area contributed by atoms with Crippen molar-refractivity contribution < 1.29 is 18.5 Å². The largest absolute Gasteiger partial charge is 0.475 e. The lowest BCUT2D eigenvalue weighted by molar-refractivity contribution is 0.0656. The molecular formula is C11H16O4S. The zero-order chi connectivity index (χ0) is 12.0. The predicted octanol–water partition coefficient (Wildman–Crippen LogP) is 2.67. The van der Waals surface area contributed by atoms with Crippen LogP contribution in [0.2, 0.25) is 0 Å². The van der Waals surface area contributed by atoms with Crippen molar-refractivity contribution in [2.45, 2.75) is 37.7 Å². The summed E-state index contributed by atoms with van der Waals surface area (Å²) in [4.78, 5) is 10.5. The van der Waals surface area contributed by atoms with Gasteiger partial charge in [0.2, 0.25) is 5.76 Å². The van der Waals surface area contributed by atoms with E-state index in [0.29, 0.717) is 5.75 Å². The lowest BCUT2D eigenvalue weighted by atomic mass is 10.2. The van der Waals surface area contributed by atoms with Crippen LogP contribution in [0, 0.1) is 0 Å². The number of hydrogen-bond donors (Lipinski definition) is 1. The van der Waals surface area contributed by atoms with E-state index in [0.717, 1.165) is 25.7 Å². The summed E-state index contributed by atoms with van der Waals surface area (Å²) in [6, 6.07) is 2.81. The van der Waals surface area contributed by atoms with Gasteiger partial charge in [-0.15, -0.1) is 0 Å². The van der Waals surface area contributed by atoms with Gasteiger partial charge in [-0.2, -0.15) is 0 Å². The van der Waals surface area contributed by atoms with Crippen molar-refractivity contribution in [1.82, 2.24) is 0 Å². The number of furan rings is 1. The second kappa shape index (κ2) is 6.48. The number of aromatic carboxylic acids is 1. The molecule has 1 aromatic heterocycles. The first-order chi connectivity index (χ1) is 7.65. The van der Waals surface area contributed by atoms with E-state index in [1.165, 1.54) is 12.1 Å². The van der Waals surface area contributed by atoms with E-state index in [1.807, 2.05) is 0 Å². The lowest BCUT2D eigenvalue weighted by Gasteiger charge is -1.98. The molecule has 5 heteroatoms. The summed E-state index contributed by atoms with van der Waals surface area (Å²) in [7, 11) is -1.21. The number of carboxylic acid groups (broad SMARTS) is 1. The van der Waals surface area contributed by atoms with Gasteiger partial charge < -0.3 is 9.52 Å². The van der Waals surface area contributed by atoms with Gasteiger partial charge in [0.25, 0.3) is 0 Å². The predicted molar refractivity (Wildman–Crippen MR) is 61.1 cm³/mol. The molecule has 0 spiro atoms. The van der Waals surface area contributed by atoms with Gasteiger partial charge in [0.1, 0.15) is 0 Å². The summed E-state index contributed by atoms with van der Waals surface area (Å²) in [5.41, 5.74) is 0. The van der Waals surface area contributed by atoms with Crippen LogP contribution in [0.25, 0.3) is 0 Å². The van der Waals surface area contributed by atoms with Crippen LogP contribution in [0.4, 0.5) is 0 Å². The third-order valence-corrected chi connectivity index (χ3v) is 3.53. The Morgan fingerprint density at radius 3 is 2.69 bits per heavy atom. The quantitative estimate of drug-likeness (QED) is 0.749. The summed E-state index contributed by atoms with van der Waals surface area (Å²) < 4.78 is 16.6. The highest BCUT2D eigenvalue weighted by Crippen LogP contribution is 2.14. The van der Waals surface area contributed by atoms with Crippen molar-refractivity contribution in [3.63, 3.8) is 0 Å². The fourth-order valence-electron chi connectivity index (χ4n) is 1.32. The van der Waals surface area contributed by atoms with E-state index in [-0.39, 0.29) is 10.9 Å². The first-order valence-electron chi connectivity index (χ1n) is 5.36. The van der Waals surface area contributed by atoms with E-state index in [2.05, 4.69) is 6.92 Å². The summed E-state index contributed by atoms with van der Waals surface area (Å²) >= 11 is 0. The zero-order valence-corrected chi connectivity index (χ0v) is 10.1. The molecule has 0 saturated heterocycles.